The highest BCUT2D eigenvalue weighted by Gasteiger charge is 2.49. The molecule has 0 aromatic heterocycles. The molecule has 2 aliphatic rings. The van der Waals surface area contributed by atoms with Gasteiger partial charge >= 0.3 is 6.09 Å². The summed E-state index contributed by atoms with van der Waals surface area (Å²) in [6.45, 7) is 5.47. The average molecular weight is 324 g/mol. The second-order valence-corrected chi connectivity index (χ2v) is 6.87. The van der Waals surface area contributed by atoms with E-state index in [0.29, 0.717) is 5.92 Å². The lowest BCUT2D eigenvalue weighted by Gasteiger charge is -2.34. The van der Waals surface area contributed by atoms with E-state index < -0.39 is 12.1 Å². The van der Waals surface area contributed by atoms with E-state index in [1.165, 1.54) is 7.11 Å². The van der Waals surface area contributed by atoms with Gasteiger partial charge in [-0.2, -0.15) is 0 Å². The molecule has 6 nitrogen and oxygen atoms in total. The molecule has 2 amide bonds. The number of Topliss-reactive ketones (excluding diaryl/α,β-unsaturated/α-hetero) is 1. The Kier molecular flexibility index (Phi) is 5.65. The molecular weight excluding hydrogens is 296 g/mol. The second kappa shape index (κ2) is 7.32. The zero-order valence-electron chi connectivity index (χ0n) is 14.5. The zero-order chi connectivity index (χ0) is 17.1. The third-order valence-electron chi connectivity index (χ3n) is 5.50. The first-order valence-corrected chi connectivity index (χ1v) is 8.57. The average Bonchev–Trinajstić information content (AvgIpc) is 3.11. The van der Waals surface area contributed by atoms with Crippen molar-refractivity contribution in [2.45, 2.75) is 71.0 Å². The van der Waals surface area contributed by atoms with Crippen LogP contribution in [0.2, 0.25) is 0 Å². The number of nitrogens with zero attached hydrogens (tertiary/aromatic N) is 1. The van der Waals surface area contributed by atoms with Crippen LogP contribution >= 0.6 is 0 Å². The first kappa shape index (κ1) is 17.8. The van der Waals surface area contributed by atoms with E-state index in [0.717, 1.165) is 32.1 Å². The predicted molar refractivity (Wildman–Crippen MR) is 85.8 cm³/mol. The molecule has 2 fully saturated rings. The molecule has 0 spiro atoms. The predicted octanol–water partition coefficient (Wildman–Crippen LogP) is 2.12. The van der Waals surface area contributed by atoms with E-state index in [4.69, 9.17) is 0 Å². The molecule has 6 heteroatoms. The largest absolute Gasteiger partial charge is 0.453 e. The van der Waals surface area contributed by atoms with E-state index in [-0.39, 0.29) is 29.7 Å². The molecule has 23 heavy (non-hydrogen) atoms. The first-order valence-electron chi connectivity index (χ1n) is 8.57. The third-order valence-corrected chi connectivity index (χ3v) is 5.50. The van der Waals surface area contributed by atoms with Crippen LogP contribution in [0.5, 0.6) is 0 Å². The number of carbonyl (C=O) groups is 3. The van der Waals surface area contributed by atoms with Crippen molar-refractivity contribution in [1.82, 2.24) is 10.2 Å². The fraction of sp³-hybridized carbons (Fsp3) is 0.824. The number of hydrogen-bond donors (Lipinski definition) is 1. The Morgan fingerprint density at radius 2 is 2.00 bits per heavy atom. The van der Waals surface area contributed by atoms with Crippen LogP contribution in [0.15, 0.2) is 0 Å². The molecule has 1 aliphatic carbocycles. The molecule has 2 rings (SSSR count). The molecule has 0 aromatic rings. The van der Waals surface area contributed by atoms with Gasteiger partial charge in [0.1, 0.15) is 6.04 Å². The van der Waals surface area contributed by atoms with Gasteiger partial charge in [0, 0.05) is 6.04 Å². The normalized spacial score (nSPS) is 28.9. The number of alkyl carbamates (subject to hydrolysis) is 1. The van der Waals surface area contributed by atoms with Gasteiger partial charge in [-0.05, 0) is 38.0 Å². The Morgan fingerprint density at radius 3 is 2.57 bits per heavy atom. The molecule has 1 heterocycles. The van der Waals surface area contributed by atoms with Crippen LogP contribution in [-0.2, 0) is 14.3 Å². The Bertz CT molecular complexity index is 479. The van der Waals surface area contributed by atoms with E-state index in [1.54, 1.807) is 11.8 Å². The summed E-state index contributed by atoms with van der Waals surface area (Å²) in [5.74, 6) is 0.297. The SMILES string of the molecule is CC[C@H](C)[C@H](NC(=O)OC)C(=O)N1[C@H](C(C)=O)C[C@@H]2CCC[C@@H]21. The molecule has 0 radical (unpaired) electrons. The Balaban J connectivity index is 2.24. The lowest BCUT2D eigenvalue weighted by molar-refractivity contribution is -0.141. The van der Waals surface area contributed by atoms with Crippen molar-refractivity contribution >= 4 is 17.8 Å². The molecule has 1 aliphatic heterocycles. The number of carbonyl (C=O) groups excluding carboxylic acids is 3. The summed E-state index contributed by atoms with van der Waals surface area (Å²) in [6, 6.07) is -0.847. The standard InChI is InChI=1S/C17H28N2O4/c1-5-10(2)15(18-17(22)23-4)16(21)19-13-8-6-7-12(13)9-14(19)11(3)20/h10,12-15H,5-9H2,1-4H3,(H,18,22)/t10-,12-,13-,14-,15-/m0/s1. The second-order valence-electron chi connectivity index (χ2n) is 6.87. The Hall–Kier alpha value is -1.59. The van der Waals surface area contributed by atoms with Gasteiger partial charge in [0.2, 0.25) is 5.91 Å². The van der Waals surface area contributed by atoms with E-state index in [9.17, 15) is 14.4 Å². The van der Waals surface area contributed by atoms with Gasteiger partial charge in [-0.3, -0.25) is 9.59 Å². The lowest BCUT2D eigenvalue weighted by atomic mass is 9.97. The number of nitrogens with one attached hydrogen (secondary N) is 1. The van der Waals surface area contributed by atoms with Crippen molar-refractivity contribution in [2.24, 2.45) is 11.8 Å². The summed E-state index contributed by atoms with van der Waals surface area (Å²) in [7, 11) is 1.29. The monoisotopic (exact) mass is 324 g/mol. The summed E-state index contributed by atoms with van der Waals surface area (Å²) in [4.78, 5) is 38.6. The minimum Gasteiger partial charge on any atom is -0.453 e. The topological polar surface area (TPSA) is 75.7 Å². The fourth-order valence-electron chi connectivity index (χ4n) is 4.00. The highest BCUT2D eigenvalue weighted by molar-refractivity contribution is 5.92. The lowest BCUT2D eigenvalue weighted by Crippen LogP contribution is -2.56. The minimum atomic E-state index is -0.645. The Labute approximate surface area is 137 Å². The summed E-state index contributed by atoms with van der Waals surface area (Å²) >= 11 is 0. The highest BCUT2D eigenvalue weighted by atomic mass is 16.5. The van der Waals surface area contributed by atoms with Crippen molar-refractivity contribution in [2.75, 3.05) is 7.11 Å². The molecule has 5 atom stereocenters. The van der Waals surface area contributed by atoms with Crippen LogP contribution in [0.1, 0.15) is 52.9 Å². The maximum atomic E-state index is 13.2. The molecular formula is C17H28N2O4. The van der Waals surface area contributed by atoms with Crippen molar-refractivity contribution < 1.29 is 19.1 Å². The summed E-state index contributed by atoms with van der Waals surface area (Å²) in [5.41, 5.74) is 0. The number of ether oxygens (including phenoxy) is 1. The molecule has 0 bridgehead atoms. The Morgan fingerprint density at radius 1 is 1.30 bits per heavy atom. The molecule has 0 aromatic carbocycles. The quantitative estimate of drug-likeness (QED) is 0.840. The molecule has 1 N–H and O–H groups in total. The van der Waals surface area contributed by atoms with E-state index >= 15 is 0 Å². The fourth-order valence-corrected chi connectivity index (χ4v) is 4.00. The number of methoxy groups -OCH3 is 1. The van der Waals surface area contributed by atoms with Gasteiger partial charge in [-0.25, -0.2) is 4.79 Å². The number of likely N-dealkylation sites (tertiary alicyclic amines) is 1. The number of rotatable bonds is 5. The molecule has 1 saturated heterocycles. The maximum Gasteiger partial charge on any atom is 0.407 e. The van der Waals surface area contributed by atoms with Crippen LogP contribution in [0.25, 0.3) is 0 Å². The maximum absolute atomic E-state index is 13.2. The number of fused-ring (bicyclic) bond motifs is 1. The first-order chi connectivity index (χ1) is 10.9. The van der Waals surface area contributed by atoms with Crippen LogP contribution in [0.3, 0.4) is 0 Å². The van der Waals surface area contributed by atoms with E-state index in [2.05, 4.69) is 10.1 Å². The summed E-state index contributed by atoms with van der Waals surface area (Å²) < 4.78 is 4.66. The smallest absolute Gasteiger partial charge is 0.407 e. The molecule has 130 valence electrons. The van der Waals surface area contributed by atoms with Crippen LogP contribution in [-0.4, -0.2) is 47.9 Å². The number of hydrogen-bond acceptors (Lipinski definition) is 4. The highest BCUT2D eigenvalue weighted by Crippen LogP contribution is 2.42. The number of ketones is 1. The van der Waals surface area contributed by atoms with Crippen LogP contribution in [0, 0.1) is 11.8 Å². The third kappa shape index (κ3) is 3.51. The molecule has 1 saturated carbocycles. The van der Waals surface area contributed by atoms with E-state index in [1.807, 2.05) is 13.8 Å². The zero-order valence-corrected chi connectivity index (χ0v) is 14.5. The minimum absolute atomic E-state index is 0.0188. The van der Waals surface area contributed by atoms with Crippen LogP contribution < -0.4 is 5.32 Å². The number of amides is 2. The van der Waals surface area contributed by atoms with Gasteiger partial charge in [-0.15, -0.1) is 0 Å². The molecule has 0 unspecified atom stereocenters. The van der Waals surface area contributed by atoms with Crippen molar-refractivity contribution in [1.29, 1.82) is 0 Å². The van der Waals surface area contributed by atoms with Crippen molar-refractivity contribution in [3.05, 3.63) is 0 Å². The van der Waals surface area contributed by atoms with Gasteiger partial charge in [-0.1, -0.05) is 26.7 Å². The van der Waals surface area contributed by atoms with Gasteiger partial charge in [0.05, 0.1) is 13.2 Å². The van der Waals surface area contributed by atoms with Gasteiger partial charge < -0.3 is 15.0 Å². The summed E-state index contributed by atoms with van der Waals surface area (Å²) in [5, 5.41) is 2.67. The van der Waals surface area contributed by atoms with Gasteiger partial charge in [0.25, 0.3) is 0 Å². The van der Waals surface area contributed by atoms with Crippen molar-refractivity contribution in [3.8, 4) is 0 Å². The van der Waals surface area contributed by atoms with Crippen LogP contribution in [0.4, 0.5) is 4.79 Å². The van der Waals surface area contributed by atoms with Crippen molar-refractivity contribution in [3.63, 3.8) is 0 Å². The van der Waals surface area contributed by atoms with Gasteiger partial charge in [0.15, 0.2) is 5.78 Å². The summed E-state index contributed by atoms with van der Waals surface area (Å²) in [6.07, 6.45) is 4.04.